The standard InChI is InChI=1S/C20H40N4O3/c1-17(2)14-18(24-8-12-25-13-9-24)15-23-20(21-3)22-7-5-10-26-16-19-6-4-11-27-19/h17-19H,4-16H2,1-3H3,(H2,21,22,23). The van der Waals surface area contributed by atoms with Crippen LogP contribution in [-0.4, -0.2) is 89.3 Å². The molecule has 2 aliphatic rings. The molecule has 2 unspecified atom stereocenters. The topological polar surface area (TPSA) is 67.4 Å². The second kappa shape index (κ2) is 13.3. The molecule has 0 amide bonds. The van der Waals surface area contributed by atoms with Crippen molar-refractivity contribution < 1.29 is 14.2 Å². The summed E-state index contributed by atoms with van der Waals surface area (Å²) in [5, 5.41) is 6.90. The first-order chi connectivity index (χ1) is 13.2. The number of hydrogen-bond donors (Lipinski definition) is 2. The Balaban J connectivity index is 1.60. The summed E-state index contributed by atoms with van der Waals surface area (Å²) < 4.78 is 16.8. The second-order valence-electron chi connectivity index (χ2n) is 7.88. The number of guanidine groups is 1. The van der Waals surface area contributed by atoms with Crippen LogP contribution in [0.4, 0.5) is 0 Å². The van der Waals surface area contributed by atoms with Crippen LogP contribution in [0.5, 0.6) is 0 Å². The van der Waals surface area contributed by atoms with Crippen LogP contribution < -0.4 is 10.6 Å². The molecule has 0 aromatic heterocycles. The van der Waals surface area contributed by atoms with E-state index in [0.717, 1.165) is 78.0 Å². The Morgan fingerprint density at radius 2 is 2.04 bits per heavy atom. The lowest BCUT2D eigenvalue weighted by Gasteiger charge is -2.35. The number of aliphatic imine (C=N–C) groups is 1. The number of morpholine rings is 1. The third kappa shape index (κ3) is 9.23. The van der Waals surface area contributed by atoms with Crippen molar-refractivity contribution in [2.24, 2.45) is 10.9 Å². The molecule has 0 saturated carbocycles. The van der Waals surface area contributed by atoms with Crippen molar-refractivity contribution >= 4 is 5.96 Å². The average molecular weight is 385 g/mol. The summed E-state index contributed by atoms with van der Waals surface area (Å²) in [5.41, 5.74) is 0. The number of nitrogens with zero attached hydrogens (tertiary/aromatic N) is 2. The molecule has 0 spiro atoms. The molecule has 2 fully saturated rings. The van der Waals surface area contributed by atoms with Gasteiger partial charge in [0.2, 0.25) is 0 Å². The fraction of sp³-hybridized carbons (Fsp3) is 0.950. The summed E-state index contributed by atoms with van der Waals surface area (Å²) in [5.74, 6) is 1.55. The van der Waals surface area contributed by atoms with E-state index in [2.05, 4.69) is 34.4 Å². The number of nitrogens with one attached hydrogen (secondary N) is 2. The Hall–Kier alpha value is -0.890. The molecule has 7 heteroatoms. The Bertz CT molecular complexity index is 408. The Labute approximate surface area is 165 Å². The second-order valence-corrected chi connectivity index (χ2v) is 7.88. The minimum atomic E-state index is 0.311. The maximum absolute atomic E-state index is 5.71. The zero-order valence-electron chi connectivity index (χ0n) is 17.5. The van der Waals surface area contributed by atoms with Crippen LogP contribution in [0.1, 0.15) is 39.5 Å². The average Bonchev–Trinajstić information content (AvgIpc) is 3.19. The van der Waals surface area contributed by atoms with E-state index in [-0.39, 0.29) is 0 Å². The normalized spacial score (nSPS) is 23.0. The maximum atomic E-state index is 5.71. The van der Waals surface area contributed by atoms with Gasteiger partial charge in [-0.1, -0.05) is 13.8 Å². The van der Waals surface area contributed by atoms with E-state index in [9.17, 15) is 0 Å². The van der Waals surface area contributed by atoms with E-state index in [1.54, 1.807) is 0 Å². The third-order valence-electron chi connectivity index (χ3n) is 5.12. The monoisotopic (exact) mass is 384 g/mol. The van der Waals surface area contributed by atoms with Crippen LogP contribution in [0, 0.1) is 5.92 Å². The highest BCUT2D eigenvalue weighted by molar-refractivity contribution is 5.79. The van der Waals surface area contributed by atoms with Gasteiger partial charge in [0, 0.05) is 52.5 Å². The summed E-state index contributed by atoms with van der Waals surface area (Å²) >= 11 is 0. The van der Waals surface area contributed by atoms with Gasteiger partial charge in [-0.2, -0.15) is 0 Å². The number of ether oxygens (including phenoxy) is 3. The molecule has 2 N–H and O–H groups in total. The smallest absolute Gasteiger partial charge is 0.191 e. The van der Waals surface area contributed by atoms with Gasteiger partial charge in [-0.05, 0) is 31.6 Å². The van der Waals surface area contributed by atoms with Crippen molar-refractivity contribution in [1.29, 1.82) is 0 Å². The minimum Gasteiger partial charge on any atom is -0.379 e. The van der Waals surface area contributed by atoms with E-state index in [1.807, 2.05) is 7.05 Å². The molecular weight excluding hydrogens is 344 g/mol. The van der Waals surface area contributed by atoms with Gasteiger partial charge >= 0.3 is 0 Å². The first kappa shape index (κ1) is 22.4. The van der Waals surface area contributed by atoms with Gasteiger partial charge in [0.15, 0.2) is 5.96 Å². The van der Waals surface area contributed by atoms with Gasteiger partial charge in [-0.15, -0.1) is 0 Å². The Morgan fingerprint density at radius 3 is 2.70 bits per heavy atom. The van der Waals surface area contributed by atoms with Gasteiger partial charge in [0.25, 0.3) is 0 Å². The molecule has 2 aliphatic heterocycles. The molecule has 2 rings (SSSR count). The SMILES string of the molecule is CN=C(NCCCOCC1CCCO1)NCC(CC(C)C)N1CCOCC1. The summed E-state index contributed by atoms with van der Waals surface area (Å²) in [4.78, 5) is 6.90. The van der Waals surface area contributed by atoms with Crippen LogP contribution in [-0.2, 0) is 14.2 Å². The largest absolute Gasteiger partial charge is 0.379 e. The lowest BCUT2D eigenvalue weighted by molar-refractivity contribution is 0.0132. The van der Waals surface area contributed by atoms with Crippen LogP contribution in [0.2, 0.25) is 0 Å². The van der Waals surface area contributed by atoms with E-state index in [1.165, 1.54) is 12.8 Å². The Morgan fingerprint density at radius 1 is 1.22 bits per heavy atom. The fourth-order valence-corrected chi connectivity index (χ4v) is 3.65. The first-order valence-corrected chi connectivity index (χ1v) is 10.6. The lowest BCUT2D eigenvalue weighted by Crippen LogP contribution is -2.51. The van der Waals surface area contributed by atoms with Crippen LogP contribution in [0.3, 0.4) is 0 Å². The maximum Gasteiger partial charge on any atom is 0.191 e. The van der Waals surface area contributed by atoms with E-state index in [4.69, 9.17) is 14.2 Å². The van der Waals surface area contributed by atoms with Crippen molar-refractivity contribution in [1.82, 2.24) is 15.5 Å². The van der Waals surface area contributed by atoms with E-state index in [0.29, 0.717) is 18.1 Å². The van der Waals surface area contributed by atoms with Crippen molar-refractivity contribution in [2.75, 3.05) is 66.3 Å². The van der Waals surface area contributed by atoms with Crippen LogP contribution in [0.15, 0.2) is 4.99 Å². The summed E-state index contributed by atoms with van der Waals surface area (Å²) in [6.45, 7) is 12.4. The summed E-state index contributed by atoms with van der Waals surface area (Å²) in [7, 11) is 1.83. The predicted octanol–water partition coefficient (Wildman–Crippen LogP) is 1.48. The quantitative estimate of drug-likeness (QED) is 0.320. The van der Waals surface area contributed by atoms with Crippen molar-refractivity contribution in [3.05, 3.63) is 0 Å². The highest BCUT2D eigenvalue weighted by Gasteiger charge is 2.22. The predicted molar refractivity (Wildman–Crippen MR) is 109 cm³/mol. The summed E-state index contributed by atoms with van der Waals surface area (Å²) in [6.07, 6.45) is 4.76. The molecule has 0 aromatic carbocycles. The molecule has 7 nitrogen and oxygen atoms in total. The molecule has 0 radical (unpaired) electrons. The van der Waals surface area contributed by atoms with Crippen molar-refractivity contribution in [2.45, 2.75) is 51.7 Å². The third-order valence-corrected chi connectivity index (χ3v) is 5.12. The number of rotatable bonds is 11. The van der Waals surface area contributed by atoms with Gasteiger partial charge in [-0.3, -0.25) is 9.89 Å². The summed E-state index contributed by atoms with van der Waals surface area (Å²) in [6, 6.07) is 0.516. The highest BCUT2D eigenvalue weighted by atomic mass is 16.5. The highest BCUT2D eigenvalue weighted by Crippen LogP contribution is 2.13. The number of hydrogen-bond acceptors (Lipinski definition) is 5. The Kier molecular flexibility index (Phi) is 11.0. The van der Waals surface area contributed by atoms with Crippen LogP contribution in [0.25, 0.3) is 0 Å². The molecule has 158 valence electrons. The lowest BCUT2D eigenvalue weighted by atomic mass is 10.0. The van der Waals surface area contributed by atoms with Gasteiger partial charge in [0.05, 0.1) is 25.9 Å². The molecular formula is C20H40N4O3. The molecule has 2 atom stereocenters. The zero-order valence-corrected chi connectivity index (χ0v) is 17.5. The van der Waals surface area contributed by atoms with Crippen LogP contribution >= 0.6 is 0 Å². The first-order valence-electron chi connectivity index (χ1n) is 10.6. The van der Waals surface area contributed by atoms with Gasteiger partial charge in [-0.25, -0.2) is 0 Å². The molecule has 0 aliphatic carbocycles. The van der Waals surface area contributed by atoms with Gasteiger partial charge in [0.1, 0.15) is 0 Å². The zero-order chi connectivity index (χ0) is 19.3. The minimum absolute atomic E-state index is 0.311. The molecule has 0 aromatic rings. The fourth-order valence-electron chi connectivity index (χ4n) is 3.65. The van der Waals surface area contributed by atoms with E-state index >= 15 is 0 Å². The van der Waals surface area contributed by atoms with Gasteiger partial charge < -0.3 is 24.8 Å². The molecule has 0 bridgehead atoms. The molecule has 2 saturated heterocycles. The molecule has 27 heavy (non-hydrogen) atoms. The van der Waals surface area contributed by atoms with Crippen molar-refractivity contribution in [3.8, 4) is 0 Å². The van der Waals surface area contributed by atoms with E-state index < -0.39 is 0 Å². The molecule has 2 heterocycles. The van der Waals surface area contributed by atoms with Crippen molar-refractivity contribution in [3.63, 3.8) is 0 Å².